The predicted octanol–water partition coefficient (Wildman–Crippen LogP) is 5.73. The quantitative estimate of drug-likeness (QED) is 0.488. The van der Waals surface area contributed by atoms with E-state index < -0.39 is 11.9 Å². The van der Waals surface area contributed by atoms with E-state index in [0.29, 0.717) is 10.6 Å². The van der Waals surface area contributed by atoms with Gasteiger partial charge in [0.15, 0.2) is 17.3 Å². The van der Waals surface area contributed by atoms with Gasteiger partial charge in [-0.3, -0.25) is 4.79 Å². The fourth-order valence-electron chi connectivity index (χ4n) is 2.64. The van der Waals surface area contributed by atoms with Crippen LogP contribution in [0, 0.1) is 6.92 Å². The van der Waals surface area contributed by atoms with E-state index in [0.717, 1.165) is 11.1 Å². The molecule has 0 fully saturated rings. The molecule has 1 heterocycles. The Morgan fingerprint density at radius 1 is 1.07 bits per heavy atom. The minimum atomic E-state index is -0.762. The average Bonchev–Trinajstić information content (AvgIpc) is 2.67. The van der Waals surface area contributed by atoms with Gasteiger partial charge in [0.25, 0.3) is 0 Å². The first-order chi connectivity index (χ1) is 14.2. The number of nitrogens with zero attached hydrogens (tertiary/aromatic N) is 2. The Bertz CT molecular complexity index is 1140. The highest BCUT2D eigenvalue weighted by molar-refractivity contribution is 6.37. The van der Waals surface area contributed by atoms with Crippen molar-refractivity contribution in [1.82, 2.24) is 9.97 Å². The fourth-order valence-corrected chi connectivity index (χ4v) is 3.34. The van der Waals surface area contributed by atoms with Crippen molar-refractivity contribution in [1.29, 1.82) is 0 Å². The van der Waals surface area contributed by atoms with Crippen LogP contribution in [-0.2, 0) is 16.1 Å². The Kier molecular flexibility index (Phi) is 6.92. The summed E-state index contributed by atoms with van der Waals surface area (Å²) in [5.41, 5.74) is 2.08. The van der Waals surface area contributed by atoms with Crippen LogP contribution < -0.4 is 5.32 Å². The third-order valence-corrected chi connectivity index (χ3v) is 4.87. The molecule has 9 heteroatoms. The van der Waals surface area contributed by atoms with Gasteiger partial charge in [-0.15, -0.1) is 0 Å². The zero-order valence-electron chi connectivity index (χ0n) is 16.0. The summed E-state index contributed by atoms with van der Waals surface area (Å²) in [6.45, 7) is 3.27. The number of rotatable bonds is 5. The molecule has 6 nitrogen and oxygen atoms in total. The summed E-state index contributed by atoms with van der Waals surface area (Å²) in [6, 6.07) is 12.3. The van der Waals surface area contributed by atoms with Crippen LogP contribution >= 0.6 is 34.8 Å². The van der Waals surface area contributed by atoms with E-state index in [1.54, 1.807) is 12.1 Å². The van der Waals surface area contributed by atoms with Gasteiger partial charge in [-0.2, -0.15) is 0 Å². The number of carbonyl (C=O) groups is 2. The lowest BCUT2D eigenvalue weighted by Crippen LogP contribution is -2.15. The number of nitrogens with one attached hydrogen (secondary N) is 1. The van der Waals surface area contributed by atoms with E-state index in [-0.39, 0.29) is 34.0 Å². The minimum Gasteiger partial charge on any atom is -0.456 e. The standard InChI is InChI=1S/C21H16Cl3N3O3/c1-11-4-3-5-13(8-11)10-30-21(29)18-17(24)20(25-12(2)28)27-19(26-18)15-7-6-14(22)9-16(15)23/h3-9H,10H2,1-2H3,(H,25,26,27,28). The van der Waals surface area contributed by atoms with E-state index >= 15 is 0 Å². The van der Waals surface area contributed by atoms with Crippen molar-refractivity contribution in [2.24, 2.45) is 0 Å². The molecule has 0 aliphatic carbocycles. The van der Waals surface area contributed by atoms with Crippen molar-refractivity contribution in [3.8, 4) is 11.4 Å². The summed E-state index contributed by atoms with van der Waals surface area (Å²) >= 11 is 18.5. The summed E-state index contributed by atoms with van der Waals surface area (Å²) in [4.78, 5) is 32.7. The van der Waals surface area contributed by atoms with Crippen molar-refractivity contribution in [3.05, 3.63) is 74.4 Å². The van der Waals surface area contributed by atoms with Crippen LogP contribution in [0.2, 0.25) is 15.1 Å². The van der Waals surface area contributed by atoms with E-state index in [4.69, 9.17) is 39.5 Å². The Balaban J connectivity index is 1.99. The van der Waals surface area contributed by atoms with E-state index in [9.17, 15) is 9.59 Å². The molecule has 0 atom stereocenters. The molecule has 0 bridgehead atoms. The lowest BCUT2D eigenvalue weighted by atomic mass is 10.1. The van der Waals surface area contributed by atoms with Gasteiger partial charge < -0.3 is 10.1 Å². The Morgan fingerprint density at radius 2 is 1.83 bits per heavy atom. The number of hydrogen-bond acceptors (Lipinski definition) is 5. The molecular formula is C21H16Cl3N3O3. The van der Waals surface area contributed by atoms with Crippen molar-refractivity contribution >= 4 is 52.5 Å². The van der Waals surface area contributed by atoms with Crippen molar-refractivity contribution in [2.75, 3.05) is 5.32 Å². The van der Waals surface area contributed by atoms with Gasteiger partial charge in [0.05, 0.1) is 5.02 Å². The summed E-state index contributed by atoms with van der Waals surface area (Å²) in [6.07, 6.45) is 0. The summed E-state index contributed by atoms with van der Waals surface area (Å²) < 4.78 is 5.37. The Morgan fingerprint density at radius 3 is 2.50 bits per heavy atom. The normalized spacial score (nSPS) is 10.6. The van der Waals surface area contributed by atoms with Crippen LogP contribution in [0.5, 0.6) is 0 Å². The first-order valence-corrected chi connectivity index (χ1v) is 9.91. The van der Waals surface area contributed by atoms with Gasteiger partial charge in [-0.25, -0.2) is 14.8 Å². The summed E-state index contributed by atoms with van der Waals surface area (Å²) in [5, 5.41) is 3.06. The monoisotopic (exact) mass is 463 g/mol. The van der Waals surface area contributed by atoms with Gasteiger partial charge in [0.2, 0.25) is 5.91 Å². The van der Waals surface area contributed by atoms with Crippen LogP contribution in [-0.4, -0.2) is 21.8 Å². The second-order valence-corrected chi connectivity index (χ2v) is 7.65. The Labute approximate surface area is 188 Å². The maximum Gasteiger partial charge on any atom is 0.359 e. The first kappa shape index (κ1) is 22.0. The molecule has 0 spiro atoms. The molecule has 1 N–H and O–H groups in total. The second kappa shape index (κ2) is 9.43. The number of ether oxygens (including phenoxy) is 1. The van der Waals surface area contributed by atoms with Crippen LogP contribution in [0.25, 0.3) is 11.4 Å². The number of aromatic nitrogens is 2. The number of hydrogen-bond donors (Lipinski definition) is 1. The molecule has 0 aliphatic heterocycles. The zero-order chi connectivity index (χ0) is 21.8. The third-order valence-electron chi connectivity index (χ3n) is 3.96. The average molecular weight is 465 g/mol. The number of anilines is 1. The van der Waals surface area contributed by atoms with Gasteiger partial charge in [-0.05, 0) is 30.7 Å². The molecule has 0 radical (unpaired) electrons. The largest absolute Gasteiger partial charge is 0.456 e. The van der Waals surface area contributed by atoms with Gasteiger partial charge in [0, 0.05) is 17.5 Å². The highest BCUT2D eigenvalue weighted by atomic mass is 35.5. The number of aryl methyl sites for hydroxylation is 1. The lowest BCUT2D eigenvalue weighted by molar-refractivity contribution is -0.114. The van der Waals surface area contributed by atoms with Crippen LogP contribution in [0.1, 0.15) is 28.5 Å². The number of esters is 1. The maximum absolute atomic E-state index is 12.7. The highest BCUT2D eigenvalue weighted by Gasteiger charge is 2.22. The minimum absolute atomic E-state index is 0.0253. The molecule has 0 aliphatic rings. The van der Waals surface area contributed by atoms with Crippen LogP contribution in [0.3, 0.4) is 0 Å². The molecule has 2 aromatic carbocycles. The smallest absolute Gasteiger partial charge is 0.359 e. The number of carbonyl (C=O) groups excluding carboxylic acids is 2. The number of amides is 1. The van der Waals surface area contributed by atoms with Crippen LogP contribution in [0.4, 0.5) is 5.82 Å². The molecule has 0 saturated carbocycles. The van der Waals surface area contributed by atoms with Crippen molar-refractivity contribution in [3.63, 3.8) is 0 Å². The third kappa shape index (κ3) is 5.27. The molecule has 0 saturated heterocycles. The van der Waals surface area contributed by atoms with Gasteiger partial charge in [0.1, 0.15) is 11.6 Å². The summed E-state index contributed by atoms with van der Waals surface area (Å²) in [7, 11) is 0. The van der Waals surface area contributed by atoms with Crippen molar-refractivity contribution in [2.45, 2.75) is 20.5 Å². The van der Waals surface area contributed by atoms with Crippen LogP contribution in [0.15, 0.2) is 42.5 Å². The Hall–Kier alpha value is -2.67. The van der Waals surface area contributed by atoms with Gasteiger partial charge in [-0.1, -0.05) is 64.6 Å². The lowest BCUT2D eigenvalue weighted by Gasteiger charge is -2.12. The molecule has 0 unspecified atom stereocenters. The van der Waals surface area contributed by atoms with Gasteiger partial charge >= 0.3 is 5.97 Å². The topological polar surface area (TPSA) is 81.2 Å². The predicted molar refractivity (Wildman–Crippen MR) is 117 cm³/mol. The second-order valence-electron chi connectivity index (χ2n) is 6.43. The zero-order valence-corrected chi connectivity index (χ0v) is 18.3. The molecular weight excluding hydrogens is 449 g/mol. The van der Waals surface area contributed by atoms with E-state index in [1.807, 2.05) is 31.2 Å². The maximum atomic E-state index is 12.7. The SMILES string of the molecule is CC(=O)Nc1nc(-c2ccc(Cl)cc2Cl)nc(C(=O)OCc2cccc(C)c2)c1Cl. The fraction of sp³-hybridized carbons (Fsp3) is 0.143. The van der Waals surface area contributed by atoms with E-state index in [1.165, 1.54) is 13.0 Å². The van der Waals surface area contributed by atoms with Crippen molar-refractivity contribution < 1.29 is 14.3 Å². The van der Waals surface area contributed by atoms with E-state index in [2.05, 4.69) is 15.3 Å². The molecule has 154 valence electrons. The molecule has 1 amide bonds. The molecule has 3 aromatic rings. The highest BCUT2D eigenvalue weighted by Crippen LogP contribution is 2.32. The number of benzene rings is 2. The first-order valence-electron chi connectivity index (χ1n) is 8.78. The molecule has 3 rings (SSSR count). The number of halogens is 3. The summed E-state index contributed by atoms with van der Waals surface area (Å²) in [5.74, 6) is -1.11. The molecule has 30 heavy (non-hydrogen) atoms. The molecule has 1 aromatic heterocycles.